The molecule has 0 fully saturated rings. The van der Waals surface area contributed by atoms with Crippen molar-refractivity contribution in [1.82, 2.24) is 0 Å². The fourth-order valence-electron chi connectivity index (χ4n) is 1.08. The van der Waals surface area contributed by atoms with Crippen LogP contribution < -0.4 is 0 Å². The van der Waals surface area contributed by atoms with E-state index in [1.807, 2.05) is 19.1 Å². The maximum absolute atomic E-state index is 9.25. The van der Waals surface area contributed by atoms with Crippen molar-refractivity contribution in [3.8, 4) is 5.75 Å². The monoisotopic (exact) mass is 240 g/mol. The largest absolute Gasteiger partial charge is 0.508 e. The van der Waals surface area contributed by atoms with Crippen LogP contribution in [0, 0.1) is 6.92 Å². The molecule has 1 nitrogen and oxygen atoms in total. The molecule has 0 spiro atoms. The van der Waals surface area contributed by atoms with Gasteiger partial charge in [-0.15, -0.1) is 0 Å². The minimum Gasteiger partial charge on any atom is -0.508 e. The average Bonchev–Trinajstić information content (AvgIpc) is 2.11. The molecule has 0 unspecified atom stereocenters. The van der Waals surface area contributed by atoms with Crippen molar-refractivity contribution in [3.05, 3.63) is 35.4 Å². The predicted molar refractivity (Wildman–Crippen MR) is 60.3 cm³/mol. The van der Waals surface area contributed by atoms with Gasteiger partial charge in [-0.1, -0.05) is 34.1 Å². The van der Waals surface area contributed by atoms with E-state index in [1.165, 1.54) is 5.56 Å². The highest BCUT2D eigenvalue weighted by atomic mass is 79.9. The lowest BCUT2D eigenvalue weighted by atomic mass is 10.1. The van der Waals surface area contributed by atoms with Crippen LogP contribution in [0.25, 0.3) is 6.08 Å². The summed E-state index contributed by atoms with van der Waals surface area (Å²) in [4.78, 5) is 0. The Morgan fingerprint density at radius 1 is 1.46 bits per heavy atom. The Kier molecular flexibility index (Phi) is 4.03. The van der Waals surface area contributed by atoms with Gasteiger partial charge < -0.3 is 5.11 Å². The van der Waals surface area contributed by atoms with Crippen molar-refractivity contribution in [1.29, 1.82) is 0 Å². The van der Waals surface area contributed by atoms with Gasteiger partial charge in [-0.05, 0) is 36.6 Å². The molecule has 0 atom stereocenters. The number of aryl methyl sites for hydroxylation is 1. The molecule has 0 amide bonds. The molecule has 13 heavy (non-hydrogen) atoms. The maximum Gasteiger partial charge on any atom is 0.116 e. The third-order valence-electron chi connectivity index (χ3n) is 1.84. The molecule has 0 aliphatic rings. The summed E-state index contributed by atoms with van der Waals surface area (Å²) in [6, 6.07) is 5.40. The Hall–Kier alpha value is -0.760. The van der Waals surface area contributed by atoms with E-state index in [9.17, 15) is 5.11 Å². The van der Waals surface area contributed by atoms with Crippen LogP contribution in [0.4, 0.5) is 0 Å². The normalized spacial score (nSPS) is 10.9. The molecular formula is C11H13BrO. The van der Waals surface area contributed by atoms with E-state index >= 15 is 0 Å². The van der Waals surface area contributed by atoms with Crippen molar-refractivity contribution < 1.29 is 5.11 Å². The zero-order chi connectivity index (χ0) is 9.68. The average molecular weight is 241 g/mol. The predicted octanol–water partition coefficient (Wildman–Crippen LogP) is 3.50. The molecule has 0 saturated heterocycles. The SMILES string of the molecule is Cc1ccc(O)cc1C=CCCBr. The summed E-state index contributed by atoms with van der Waals surface area (Å²) in [5.74, 6) is 0.323. The number of allylic oxidation sites excluding steroid dienone is 1. The van der Waals surface area contributed by atoms with Crippen LogP contribution in [0.5, 0.6) is 5.75 Å². The van der Waals surface area contributed by atoms with Gasteiger partial charge in [0.2, 0.25) is 0 Å². The zero-order valence-electron chi connectivity index (χ0n) is 7.63. The fourth-order valence-corrected chi connectivity index (χ4v) is 1.35. The van der Waals surface area contributed by atoms with Crippen LogP contribution in [0.3, 0.4) is 0 Å². The molecule has 0 bridgehead atoms. The number of rotatable bonds is 3. The summed E-state index contributed by atoms with van der Waals surface area (Å²) < 4.78 is 0. The summed E-state index contributed by atoms with van der Waals surface area (Å²) in [6.45, 7) is 2.03. The highest BCUT2D eigenvalue weighted by molar-refractivity contribution is 9.09. The maximum atomic E-state index is 9.25. The Labute approximate surface area is 87.2 Å². The van der Waals surface area contributed by atoms with Gasteiger partial charge in [0.1, 0.15) is 5.75 Å². The minimum absolute atomic E-state index is 0.323. The summed E-state index contributed by atoms with van der Waals surface area (Å²) in [7, 11) is 0. The third-order valence-corrected chi connectivity index (χ3v) is 2.29. The molecule has 0 aliphatic heterocycles. The van der Waals surface area contributed by atoms with Gasteiger partial charge in [-0.3, -0.25) is 0 Å². The van der Waals surface area contributed by atoms with Gasteiger partial charge in [-0.2, -0.15) is 0 Å². The lowest BCUT2D eigenvalue weighted by molar-refractivity contribution is 0.475. The Morgan fingerprint density at radius 2 is 2.23 bits per heavy atom. The molecule has 1 rings (SSSR count). The lowest BCUT2D eigenvalue weighted by Gasteiger charge is -2.00. The van der Waals surface area contributed by atoms with Crippen LogP contribution in [0.15, 0.2) is 24.3 Å². The Bertz CT molecular complexity index is 305. The van der Waals surface area contributed by atoms with E-state index in [4.69, 9.17) is 0 Å². The smallest absolute Gasteiger partial charge is 0.116 e. The second kappa shape index (κ2) is 5.07. The summed E-state index contributed by atoms with van der Waals surface area (Å²) >= 11 is 3.36. The van der Waals surface area contributed by atoms with E-state index in [1.54, 1.807) is 12.1 Å². The number of alkyl halides is 1. The minimum atomic E-state index is 0.323. The first-order valence-electron chi connectivity index (χ1n) is 4.26. The number of aromatic hydroxyl groups is 1. The topological polar surface area (TPSA) is 20.2 Å². The van der Waals surface area contributed by atoms with Crippen molar-refractivity contribution >= 4 is 22.0 Å². The number of phenolic OH excluding ortho intramolecular Hbond substituents is 1. The van der Waals surface area contributed by atoms with Crippen LogP contribution in [0.1, 0.15) is 17.5 Å². The summed E-state index contributed by atoms with van der Waals surface area (Å²) in [5.41, 5.74) is 2.27. The molecule has 0 radical (unpaired) electrons. The number of hydrogen-bond acceptors (Lipinski definition) is 1. The Morgan fingerprint density at radius 3 is 2.92 bits per heavy atom. The zero-order valence-corrected chi connectivity index (χ0v) is 9.21. The van der Waals surface area contributed by atoms with Gasteiger partial charge in [0.25, 0.3) is 0 Å². The second-order valence-electron chi connectivity index (χ2n) is 2.92. The van der Waals surface area contributed by atoms with E-state index in [2.05, 4.69) is 22.0 Å². The van der Waals surface area contributed by atoms with Crippen LogP contribution in [-0.2, 0) is 0 Å². The molecule has 1 aromatic carbocycles. The molecule has 2 heteroatoms. The first kappa shape index (κ1) is 10.3. The van der Waals surface area contributed by atoms with Crippen LogP contribution >= 0.6 is 15.9 Å². The molecule has 70 valence electrons. The Balaban J connectivity index is 2.81. The number of hydrogen-bond donors (Lipinski definition) is 1. The first-order chi connectivity index (χ1) is 6.24. The van der Waals surface area contributed by atoms with E-state index < -0.39 is 0 Å². The number of phenols is 1. The van der Waals surface area contributed by atoms with E-state index in [-0.39, 0.29) is 0 Å². The van der Waals surface area contributed by atoms with Crippen molar-refractivity contribution in [2.75, 3.05) is 5.33 Å². The summed E-state index contributed by atoms with van der Waals surface area (Å²) in [6.07, 6.45) is 5.14. The van der Waals surface area contributed by atoms with E-state index in [0.29, 0.717) is 5.75 Å². The van der Waals surface area contributed by atoms with Gasteiger partial charge in [0.05, 0.1) is 0 Å². The molecule has 0 aromatic heterocycles. The molecule has 1 N–H and O–H groups in total. The highest BCUT2D eigenvalue weighted by Gasteiger charge is 1.94. The van der Waals surface area contributed by atoms with Crippen LogP contribution in [-0.4, -0.2) is 10.4 Å². The molecule has 0 saturated carbocycles. The fraction of sp³-hybridized carbons (Fsp3) is 0.273. The first-order valence-corrected chi connectivity index (χ1v) is 5.38. The molecule has 1 aromatic rings. The third kappa shape index (κ3) is 3.23. The van der Waals surface area contributed by atoms with Crippen LogP contribution in [0.2, 0.25) is 0 Å². The molecular weight excluding hydrogens is 228 g/mol. The van der Waals surface area contributed by atoms with Gasteiger partial charge in [0.15, 0.2) is 0 Å². The van der Waals surface area contributed by atoms with E-state index in [0.717, 1.165) is 17.3 Å². The van der Waals surface area contributed by atoms with Crippen molar-refractivity contribution in [2.45, 2.75) is 13.3 Å². The van der Waals surface area contributed by atoms with Gasteiger partial charge in [0, 0.05) is 5.33 Å². The van der Waals surface area contributed by atoms with Crippen molar-refractivity contribution in [3.63, 3.8) is 0 Å². The van der Waals surface area contributed by atoms with Gasteiger partial charge >= 0.3 is 0 Å². The van der Waals surface area contributed by atoms with Gasteiger partial charge in [-0.25, -0.2) is 0 Å². The molecule has 0 heterocycles. The summed E-state index contributed by atoms with van der Waals surface area (Å²) in [5, 5.41) is 10.2. The lowest BCUT2D eigenvalue weighted by Crippen LogP contribution is -1.79. The van der Waals surface area contributed by atoms with Crippen molar-refractivity contribution in [2.24, 2.45) is 0 Å². The second-order valence-corrected chi connectivity index (χ2v) is 3.71. The number of benzene rings is 1. The number of halogens is 1. The quantitative estimate of drug-likeness (QED) is 0.803. The standard InChI is InChI=1S/C11H13BrO/c1-9-5-6-11(13)8-10(9)4-2-3-7-12/h2,4-6,8,13H,3,7H2,1H3. The highest BCUT2D eigenvalue weighted by Crippen LogP contribution is 2.17. The molecule has 0 aliphatic carbocycles.